The van der Waals surface area contributed by atoms with E-state index < -0.39 is 6.61 Å². The first-order valence-corrected chi connectivity index (χ1v) is 9.42. The van der Waals surface area contributed by atoms with E-state index in [1.807, 2.05) is 6.92 Å². The highest BCUT2D eigenvalue weighted by molar-refractivity contribution is 5.94. The molecule has 3 rings (SSSR count). The molecule has 0 unspecified atom stereocenters. The predicted molar refractivity (Wildman–Crippen MR) is 108 cm³/mol. The number of ether oxygens (including phenoxy) is 3. The number of rotatable bonds is 9. The summed E-state index contributed by atoms with van der Waals surface area (Å²) >= 11 is 0. The average molecular weight is 432 g/mol. The van der Waals surface area contributed by atoms with E-state index in [0.29, 0.717) is 28.4 Å². The van der Waals surface area contributed by atoms with Crippen LogP contribution < -0.4 is 19.5 Å². The third-order valence-electron chi connectivity index (χ3n) is 4.56. The number of benzene rings is 2. The van der Waals surface area contributed by atoms with Gasteiger partial charge < -0.3 is 24.1 Å². The van der Waals surface area contributed by atoms with Gasteiger partial charge in [-0.15, -0.1) is 0 Å². The van der Waals surface area contributed by atoms with Crippen molar-refractivity contribution >= 4 is 5.91 Å². The summed E-state index contributed by atoms with van der Waals surface area (Å²) in [5.41, 5.74) is 2.58. The summed E-state index contributed by atoms with van der Waals surface area (Å²) < 4.78 is 45.3. The van der Waals surface area contributed by atoms with Crippen LogP contribution in [0.5, 0.6) is 17.2 Å². The van der Waals surface area contributed by atoms with Crippen LogP contribution in [0, 0.1) is 13.8 Å². The molecule has 1 aromatic heterocycles. The van der Waals surface area contributed by atoms with E-state index in [1.165, 1.54) is 19.2 Å². The molecule has 164 valence electrons. The number of carbonyl (C=O) groups excluding carboxylic acids is 1. The van der Waals surface area contributed by atoms with Crippen molar-refractivity contribution in [2.24, 2.45) is 0 Å². The lowest BCUT2D eigenvalue weighted by atomic mass is 10.1. The third kappa shape index (κ3) is 5.71. The van der Waals surface area contributed by atoms with Crippen molar-refractivity contribution in [3.8, 4) is 17.2 Å². The van der Waals surface area contributed by atoms with Crippen LogP contribution in [0.25, 0.3) is 0 Å². The Bertz CT molecular complexity index is 1030. The van der Waals surface area contributed by atoms with Crippen LogP contribution in [-0.2, 0) is 13.2 Å². The highest BCUT2D eigenvalue weighted by Crippen LogP contribution is 2.29. The van der Waals surface area contributed by atoms with Gasteiger partial charge in [0.15, 0.2) is 11.5 Å². The van der Waals surface area contributed by atoms with Gasteiger partial charge in [-0.05, 0) is 49.7 Å². The Labute approximate surface area is 177 Å². The van der Waals surface area contributed by atoms with Crippen LogP contribution in [0.2, 0.25) is 0 Å². The van der Waals surface area contributed by atoms with Gasteiger partial charge in [0, 0.05) is 12.1 Å². The van der Waals surface area contributed by atoms with Gasteiger partial charge >= 0.3 is 6.61 Å². The molecule has 0 aliphatic carbocycles. The molecule has 0 saturated carbocycles. The first kappa shape index (κ1) is 22.1. The Balaban J connectivity index is 1.64. The normalized spacial score (nSPS) is 10.8. The molecule has 0 saturated heterocycles. The van der Waals surface area contributed by atoms with Crippen LogP contribution >= 0.6 is 0 Å². The molecule has 0 aliphatic heterocycles. The highest BCUT2D eigenvalue weighted by Gasteiger charge is 2.14. The molecule has 0 aliphatic rings. The van der Waals surface area contributed by atoms with Gasteiger partial charge in [0.2, 0.25) is 0 Å². The molecule has 0 spiro atoms. The van der Waals surface area contributed by atoms with Crippen molar-refractivity contribution in [2.75, 3.05) is 7.11 Å². The molecular weight excluding hydrogens is 410 g/mol. The molecule has 9 heteroatoms. The van der Waals surface area contributed by atoms with Crippen molar-refractivity contribution in [1.82, 2.24) is 10.5 Å². The molecule has 31 heavy (non-hydrogen) atoms. The molecule has 0 radical (unpaired) electrons. The van der Waals surface area contributed by atoms with Crippen molar-refractivity contribution in [3.63, 3.8) is 0 Å². The second kappa shape index (κ2) is 9.92. The third-order valence-corrected chi connectivity index (χ3v) is 4.56. The predicted octanol–water partition coefficient (Wildman–Crippen LogP) is 4.41. The van der Waals surface area contributed by atoms with Crippen molar-refractivity contribution < 1.29 is 32.3 Å². The Morgan fingerprint density at radius 2 is 1.97 bits per heavy atom. The molecule has 2 aromatic carbocycles. The van der Waals surface area contributed by atoms with E-state index in [4.69, 9.17) is 14.0 Å². The number of hydrogen-bond acceptors (Lipinski definition) is 6. The Morgan fingerprint density at radius 1 is 1.16 bits per heavy atom. The summed E-state index contributed by atoms with van der Waals surface area (Å²) in [5, 5.41) is 6.63. The van der Waals surface area contributed by atoms with Crippen LogP contribution in [0.4, 0.5) is 8.78 Å². The highest BCUT2D eigenvalue weighted by atomic mass is 19.3. The lowest BCUT2D eigenvalue weighted by Gasteiger charge is -2.13. The zero-order valence-corrected chi connectivity index (χ0v) is 17.3. The van der Waals surface area contributed by atoms with Gasteiger partial charge in [0.1, 0.15) is 18.1 Å². The van der Waals surface area contributed by atoms with Crippen molar-refractivity contribution in [1.29, 1.82) is 0 Å². The van der Waals surface area contributed by atoms with E-state index in [9.17, 15) is 13.6 Å². The lowest BCUT2D eigenvalue weighted by molar-refractivity contribution is -0.0498. The number of halogens is 2. The first-order valence-electron chi connectivity index (χ1n) is 9.42. The molecule has 7 nitrogen and oxygen atoms in total. The van der Waals surface area contributed by atoms with Crippen LogP contribution in [-0.4, -0.2) is 24.8 Å². The second-order valence-corrected chi connectivity index (χ2v) is 6.67. The average Bonchev–Trinajstić information content (AvgIpc) is 3.07. The van der Waals surface area contributed by atoms with Crippen LogP contribution in [0.1, 0.15) is 32.9 Å². The topological polar surface area (TPSA) is 82.8 Å². The second-order valence-electron chi connectivity index (χ2n) is 6.67. The Hall–Kier alpha value is -3.62. The number of alkyl halides is 2. The first-order chi connectivity index (χ1) is 14.9. The van der Waals surface area contributed by atoms with Crippen LogP contribution in [0.3, 0.4) is 0 Å². The van der Waals surface area contributed by atoms with E-state index >= 15 is 0 Å². The lowest BCUT2D eigenvalue weighted by Crippen LogP contribution is -2.22. The fraction of sp³-hybridized carbons (Fsp3) is 0.273. The summed E-state index contributed by atoms with van der Waals surface area (Å²) in [6, 6.07) is 11.0. The number of aromatic nitrogens is 1. The number of hydrogen-bond donors (Lipinski definition) is 1. The molecule has 1 N–H and O–H groups in total. The SMILES string of the molecule is COc1cc(C(=O)NCc2cccc(OC(F)F)c2)ccc1OCc1c(C)noc1C. The maximum atomic E-state index is 12.5. The van der Waals surface area contributed by atoms with Crippen molar-refractivity contribution in [3.05, 3.63) is 70.6 Å². The Kier molecular flexibility index (Phi) is 7.07. The maximum Gasteiger partial charge on any atom is 0.387 e. The minimum Gasteiger partial charge on any atom is -0.493 e. The summed E-state index contributed by atoms with van der Waals surface area (Å²) in [6.45, 7) is 1.12. The number of carbonyl (C=O) groups is 1. The van der Waals surface area contributed by atoms with E-state index in [1.54, 1.807) is 37.3 Å². The quantitative estimate of drug-likeness (QED) is 0.539. The van der Waals surface area contributed by atoms with Gasteiger partial charge in [0.05, 0.1) is 18.4 Å². The maximum absolute atomic E-state index is 12.5. The van der Waals surface area contributed by atoms with Gasteiger partial charge in [-0.2, -0.15) is 8.78 Å². The molecule has 1 amide bonds. The number of nitrogens with zero attached hydrogens (tertiary/aromatic N) is 1. The minimum absolute atomic E-state index is 0.0308. The summed E-state index contributed by atoms with van der Waals surface area (Å²) in [6.07, 6.45) is 0. The molecule has 0 bridgehead atoms. The molecule has 0 fully saturated rings. The zero-order chi connectivity index (χ0) is 22.4. The number of methoxy groups -OCH3 is 1. The van der Waals surface area contributed by atoms with Gasteiger partial charge in [0.25, 0.3) is 5.91 Å². The summed E-state index contributed by atoms with van der Waals surface area (Å²) in [5.74, 6) is 1.22. The number of amides is 1. The Morgan fingerprint density at radius 3 is 2.65 bits per heavy atom. The molecule has 0 atom stereocenters. The van der Waals surface area contributed by atoms with E-state index in [-0.39, 0.29) is 24.8 Å². The van der Waals surface area contributed by atoms with Crippen LogP contribution in [0.15, 0.2) is 47.0 Å². The van der Waals surface area contributed by atoms with Crippen molar-refractivity contribution in [2.45, 2.75) is 33.6 Å². The van der Waals surface area contributed by atoms with Gasteiger partial charge in [-0.3, -0.25) is 4.79 Å². The zero-order valence-electron chi connectivity index (χ0n) is 17.3. The summed E-state index contributed by atoms with van der Waals surface area (Å²) in [7, 11) is 1.48. The smallest absolute Gasteiger partial charge is 0.387 e. The van der Waals surface area contributed by atoms with E-state index in [0.717, 1.165) is 11.3 Å². The van der Waals surface area contributed by atoms with Gasteiger partial charge in [-0.25, -0.2) is 0 Å². The largest absolute Gasteiger partial charge is 0.493 e. The fourth-order valence-electron chi connectivity index (χ4n) is 2.90. The monoisotopic (exact) mass is 432 g/mol. The number of nitrogens with one attached hydrogen (secondary N) is 1. The number of aryl methyl sites for hydroxylation is 2. The van der Waals surface area contributed by atoms with E-state index in [2.05, 4.69) is 15.2 Å². The fourth-order valence-corrected chi connectivity index (χ4v) is 2.90. The molecule has 3 aromatic rings. The minimum atomic E-state index is -2.91. The standard InChI is InChI=1S/C22H22F2N2O5/c1-13-18(14(2)31-26-13)12-29-19-8-7-16(10-20(19)28-3)21(27)25-11-15-5-4-6-17(9-15)30-22(23)24/h4-10,22H,11-12H2,1-3H3,(H,25,27). The van der Waals surface area contributed by atoms with Gasteiger partial charge in [-0.1, -0.05) is 17.3 Å². The summed E-state index contributed by atoms with van der Waals surface area (Å²) in [4.78, 5) is 12.5. The molecule has 1 heterocycles. The molecular formula is C22H22F2N2O5.